The van der Waals surface area contributed by atoms with Crippen molar-refractivity contribution in [2.75, 3.05) is 5.73 Å². The molecule has 0 amide bonds. The van der Waals surface area contributed by atoms with Gasteiger partial charge in [-0.2, -0.15) is 0 Å². The van der Waals surface area contributed by atoms with Crippen molar-refractivity contribution in [3.8, 4) is 5.88 Å². The molecule has 0 aliphatic carbocycles. The molecule has 15 heavy (non-hydrogen) atoms. The molecule has 3 N–H and O–H groups in total. The van der Waals surface area contributed by atoms with Crippen molar-refractivity contribution in [2.24, 2.45) is 0 Å². The van der Waals surface area contributed by atoms with Gasteiger partial charge in [0.05, 0.1) is 5.69 Å². The van der Waals surface area contributed by atoms with Gasteiger partial charge in [0.1, 0.15) is 0 Å². The molecule has 82 valence electrons. The van der Waals surface area contributed by atoms with E-state index >= 15 is 0 Å². The molecule has 0 aromatic carbocycles. The zero-order valence-corrected chi connectivity index (χ0v) is 7.08. The first-order valence-electron chi connectivity index (χ1n) is 3.55. The third kappa shape index (κ3) is 3.01. The highest BCUT2D eigenvalue weighted by Crippen LogP contribution is 2.26. The first-order chi connectivity index (χ1) is 6.79. The minimum absolute atomic E-state index is 0.391. The second kappa shape index (κ2) is 3.64. The lowest BCUT2D eigenvalue weighted by Gasteiger charge is -2.09. The van der Waals surface area contributed by atoms with Gasteiger partial charge in [-0.05, 0) is 12.1 Å². The number of ether oxygens (including phenoxy) is 1. The Hall–Kier alpha value is -1.99. The smallest absolute Gasteiger partial charge is 0.477 e. The molecule has 1 aromatic rings. The van der Waals surface area contributed by atoms with Crippen molar-refractivity contribution in [2.45, 2.75) is 6.36 Å². The standard InChI is InChI=1S/C7H5F3N2O3/c8-7(9,10)15-5-3(11)1-2-4(12-5)6(13)14/h1-2H,11H2,(H,13,14). The maximum atomic E-state index is 11.8. The van der Waals surface area contributed by atoms with E-state index in [2.05, 4.69) is 9.72 Å². The van der Waals surface area contributed by atoms with Crippen LogP contribution >= 0.6 is 0 Å². The van der Waals surface area contributed by atoms with Crippen molar-refractivity contribution >= 4 is 11.7 Å². The SMILES string of the molecule is Nc1ccc(C(=O)O)nc1OC(F)(F)F. The Balaban J connectivity index is 3.06. The number of nitrogens with zero attached hydrogens (tertiary/aromatic N) is 1. The first kappa shape index (κ1) is 11.1. The van der Waals surface area contributed by atoms with E-state index in [0.29, 0.717) is 0 Å². The lowest BCUT2D eigenvalue weighted by atomic mass is 10.3. The summed E-state index contributed by atoms with van der Waals surface area (Å²) < 4.78 is 38.8. The zero-order valence-electron chi connectivity index (χ0n) is 7.08. The summed E-state index contributed by atoms with van der Waals surface area (Å²) in [5, 5.41) is 8.46. The number of halogens is 3. The van der Waals surface area contributed by atoms with Crippen LogP contribution in [0.1, 0.15) is 10.5 Å². The third-order valence-electron chi connectivity index (χ3n) is 1.32. The van der Waals surface area contributed by atoms with E-state index < -0.39 is 29.6 Å². The van der Waals surface area contributed by atoms with Crippen LogP contribution in [-0.4, -0.2) is 22.4 Å². The lowest BCUT2D eigenvalue weighted by Crippen LogP contribution is -2.19. The third-order valence-corrected chi connectivity index (χ3v) is 1.32. The van der Waals surface area contributed by atoms with Crippen molar-refractivity contribution in [3.05, 3.63) is 17.8 Å². The molecule has 8 heteroatoms. The van der Waals surface area contributed by atoms with Crippen LogP contribution in [0.25, 0.3) is 0 Å². The van der Waals surface area contributed by atoms with Gasteiger partial charge in [-0.25, -0.2) is 9.78 Å². The molecule has 0 fully saturated rings. The molecule has 0 aliphatic rings. The number of hydrogen-bond donors (Lipinski definition) is 2. The molecule has 0 spiro atoms. The number of alkyl halides is 3. The summed E-state index contributed by atoms with van der Waals surface area (Å²) >= 11 is 0. The maximum Gasteiger partial charge on any atom is 0.574 e. The van der Waals surface area contributed by atoms with Crippen LogP contribution in [0.3, 0.4) is 0 Å². The molecule has 1 aromatic heterocycles. The quantitative estimate of drug-likeness (QED) is 0.786. The maximum absolute atomic E-state index is 11.8. The van der Waals surface area contributed by atoms with Gasteiger partial charge in [0, 0.05) is 0 Å². The molecular formula is C7H5F3N2O3. The lowest BCUT2D eigenvalue weighted by molar-refractivity contribution is -0.275. The second-order valence-electron chi connectivity index (χ2n) is 2.44. The molecule has 0 saturated carbocycles. The van der Waals surface area contributed by atoms with Crippen LogP contribution in [0.15, 0.2) is 12.1 Å². The minimum Gasteiger partial charge on any atom is -0.477 e. The number of aromatic nitrogens is 1. The van der Waals surface area contributed by atoms with E-state index in [1.165, 1.54) is 0 Å². The number of carboxylic acid groups (broad SMARTS) is 1. The highest BCUT2D eigenvalue weighted by Gasteiger charge is 2.33. The number of nitrogen functional groups attached to an aromatic ring is 1. The normalized spacial score (nSPS) is 11.1. The van der Waals surface area contributed by atoms with Crippen LogP contribution in [0.2, 0.25) is 0 Å². The number of carbonyl (C=O) groups is 1. The number of carboxylic acids is 1. The fourth-order valence-corrected chi connectivity index (χ4v) is 0.762. The number of pyridine rings is 1. The molecular weight excluding hydrogens is 217 g/mol. The molecule has 1 heterocycles. The van der Waals surface area contributed by atoms with Crippen LogP contribution in [-0.2, 0) is 0 Å². The Labute approximate surface area is 81.3 Å². The fourth-order valence-electron chi connectivity index (χ4n) is 0.762. The molecule has 0 aliphatic heterocycles. The Bertz CT molecular complexity index is 392. The van der Waals surface area contributed by atoms with Gasteiger partial charge in [0.25, 0.3) is 0 Å². The van der Waals surface area contributed by atoms with E-state index in [1.54, 1.807) is 0 Å². The summed E-state index contributed by atoms with van der Waals surface area (Å²) in [6.45, 7) is 0. The van der Waals surface area contributed by atoms with Crippen molar-refractivity contribution < 1.29 is 27.8 Å². The number of rotatable bonds is 2. The Morgan fingerprint density at radius 1 is 1.47 bits per heavy atom. The monoisotopic (exact) mass is 222 g/mol. The van der Waals surface area contributed by atoms with Gasteiger partial charge >= 0.3 is 12.3 Å². The summed E-state index contributed by atoms with van der Waals surface area (Å²) in [6, 6.07) is 1.94. The van der Waals surface area contributed by atoms with Crippen LogP contribution in [0.5, 0.6) is 5.88 Å². The van der Waals surface area contributed by atoms with E-state index in [9.17, 15) is 18.0 Å². The molecule has 1 rings (SSSR count). The topological polar surface area (TPSA) is 85.4 Å². The Kier molecular flexibility index (Phi) is 2.69. The van der Waals surface area contributed by atoms with E-state index in [-0.39, 0.29) is 0 Å². The van der Waals surface area contributed by atoms with Crippen LogP contribution in [0, 0.1) is 0 Å². The number of hydrogen-bond acceptors (Lipinski definition) is 4. The highest BCUT2D eigenvalue weighted by molar-refractivity contribution is 5.86. The highest BCUT2D eigenvalue weighted by atomic mass is 19.4. The van der Waals surface area contributed by atoms with Gasteiger partial charge in [-0.15, -0.1) is 13.2 Å². The van der Waals surface area contributed by atoms with Gasteiger partial charge < -0.3 is 15.6 Å². The van der Waals surface area contributed by atoms with Crippen LogP contribution in [0.4, 0.5) is 18.9 Å². The molecule has 0 radical (unpaired) electrons. The van der Waals surface area contributed by atoms with Crippen molar-refractivity contribution in [1.29, 1.82) is 0 Å². The van der Waals surface area contributed by atoms with Gasteiger partial charge in [0.2, 0.25) is 5.88 Å². The predicted molar refractivity (Wildman–Crippen MR) is 42.3 cm³/mol. The fraction of sp³-hybridized carbons (Fsp3) is 0.143. The van der Waals surface area contributed by atoms with Gasteiger partial charge in [-0.1, -0.05) is 0 Å². The number of anilines is 1. The minimum atomic E-state index is -4.96. The summed E-state index contributed by atoms with van der Waals surface area (Å²) in [6.07, 6.45) is -4.96. The van der Waals surface area contributed by atoms with Crippen LogP contribution < -0.4 is 10.5 Å². The number of nitrogens with two attached hydrogens (primary N) is 1. The number of aromatic carboxylic acids is 1. The molecule has 0 atom stereocenters. The van der Waals surface area contributed by atoms with E-state index in [4.69, 9.17) is 10.8 Å². The molecule has 0 unspecified atom stereocenters. The summed E-state index contributed by atoms with van der Waals surface area (Å²) in [5.74, 6) is -2.44. The summed E-state index contributed by atoms with van der Waals surface area (Å²) in [5.41, 5.74) is 4.14. The predicted octanol–water partition coefficient (Wildman–Crippen LogP) is 1.26. The van der Waals surface area contributed by atoms with E-state index in [1.807, 2.05) is 0 Å². The average Bonchev–Trinajstić information content (AvgIpc) is 2.06. The molecule has 0 bridgehead atoms. The largest absolute Gasteiger partial charge is 0.574 e. The van der Waals surface area contributed by atoms with Gasteiger partial charge in [-0.3, -0.25) is 0 Å². The average molecular weight is 222 g/mol. The van der Waals surface area contributed by atoms with Gasteiger partial charge in [0.15, 0.2) is 5.69 Å². The van der Waals surface area contributed by atoms with Crippen molar-refractivity contribution in [3.63, 3.8) is 0 Å². The first-order valence-corrected chi connectivity index (χ1v) is 3.55. The molecule has 5 nitrogen and oxygen atoms in total. The zero-order chi connectivity index (χ0) is 11.6. The molecule has 0 saturated heterocycles. The van der Waals surface area contributed by atoms with E-state index in [0.717, 1.165) is 12.1 Å². The Morgan fingerprint density at radius 2 is 2.07 bits per heavy atom. The summed E-state index contributed by atoms with van der Waals surface area (Å²) in [7, 11) is 0. The Morgan fingerprint density at radius 3 is 2.53 bits per heavy atom. The summed E-state index contributed by atoms with van der Waals surface area (Å²) in [4.78, 5) is 13.5. The second-order valence-corrected chi connectivity index (χ2v) is 2.44. The van der Waals surface area contributed by atoms with Crippen molar-refractivity contribution in [1.82, 2.24) is 4.98 Å².